The monoisotopic (exact) mass is 292 g/mol. The molecule has 116 valence electrons. The van der Waals surface area contributed by atoms with Crippen molar-refractivity contribution in [3.8, 4) is 0 Å². The van der Waals surface area contributed by atoms with Gasteiger partial charge in [-0.25, -0.2) is 0 Å². The highest BCUT2D eigenvalue weighted by atomic mass is 16.5. The fourth-order valence-corrected chi connectivity index (χ4v) is 2.39. The Hall–Kier alpha value is -1.43. The molecule has 1 heterocycles. The maximum absolute atomic E-state index is 12.2. The van der Waals surface area contributed by atoms with Crippen LogP contribution in [-0.4, -0.2) is 39.3 Å². The highest BCUT2D eigenvalue weighted by molar-refractivity contribution is 5.92. The van der Waals surface area contributed by atoms with Gasteiger partial charge >= 0.3 is 0 Å². The molecule has 2 rings (SSSR count). The third-order valence-electron chi connectivity index (χ3n) is 3.56. The van der Waals surface area contributed by atoms with Crippen molar-refractivity contribution in [2.45, 2.75) is 19.4 Å². The molecule has 0 saturated carbocycles. The smallest absolute Gasteiger partial charge is 0.228 e. The number of anilines is 1. The van der Waals surface area contributed by atoms with Gasteiger partial charge in [0.2, 0.25) is 5.91 Å². The Bertz CT molecular complexity index is 445. The number of rotatable bonds is 7. The van der Waals surface area contributed by atoms with Crippen LogP contribution in [0.1, 0.15) is 18.4 Å². The van der Waals surface area contributed by atoms with Gasteiger partial charge in [0.15, 0.2) is 0 Å². The minimum absolute atomic E-state index is 0.0698. The second-order valence-corrected chi connectivity index (χ2v) is 5.28. The lowest BCUT2D eigenvalue weighted by atomic mass is 9.99. The van der Waals surface area contributed by atoms with Crippen molar-refractivity contribution in [1.29, 1.82) is 0 Å². The molecule has 0 aromatic heterocycles. The van der Waals surface area contributed by atoms with Crippen LogP contribution in [0.25, 0.3) is 0 Å². The summed E-state index contributed by atoms with van der Waals surface area (Å²) in [6, 6.07) is 7.79. The number of piperidine rings is 1. The first-order chi connectivity index (χ1) is 10.3. The molecule has 0 radical (unpaired) electrons. The molecule has 2 N–H and O–H groups in total. The second-order valence-electron chi connectivity index (χ2n) is 5.28. The second kappa shape index (κ2) is 8.77. The van der Waals surface area contributed by atoms with Crippen LogP contribution in [0.15, 0.2) is 24.3 Å². The summed E-state index contributed by atoms with van der Waals surface area (Å²) in [5.41, 5.74) is 1.88. The quantitative estimate of drug-likeness (QED) is 0.752. The molecule has 1 aromatic rings. The lowest BCUT2D eigenvalue weighted by molar-refractivity contribution is -0.120. The summed E-state index contributed by atoms with van der Waals surface area (Å²) in [6.07, 6.45) is 2.02. The number of nitrogens with one attached hydrogen (secondary N) is 2. The van der Waals surface area contributed by atoms with Gasteiger partial charge in [-0.15, -0.1) is 0 Å². The van der Waals surface area contributed by atoms with Gasteiger partial charge in [0.05, 0.1) is 25.7 Å². The van der Waals surface area contributed by atoms with E-state index < -0.39 is 0 Å². The number of hydrogen-bond donors (Lipinski definition) is 2. The van der Waals surface area contributed by atoms with Gasteiger partial charge in [-0.3, -0.25) is 4.79 Å². The van der Waals surface area contributed by atoms with E-state index in [9.17, 15) is 4.79 Å². The van der Waals surface area contributed by atoms with Crippen molar-refractivity contribution in [3.05, 3.63) is 29.8 Å². The van der Waals surface area contributed by atoms with Crippen molar-refractivity contribution in [2.24, 2.45) is 5.92 Å². The summed E-state index contributed by atoms with van der Waals surface area (Å²) in [6.45, 7) is 3.47. The molecule has 1 aliphatic rings. The standard InChI is InChI=1S/C16H24N2O3/c1-20-8-9-21-12-13-4-2-6-15(10-13)18-16(19)14-5-3-7-17-11-14/h2,4,6,10,14,17H,3,5,7-9,11-12H2,1H3,(H,18,19). The SMILES string of the molecule is COCCOCc1cccc(NC(=O)C2CCCNC2)c1. The minimum Gasteiger partial charge on any atom is -0.382 e. The predicted octanol–water partition coefficient (Wildman–Crippen LogP) is 1.79. The summed E-state index contributed by atoms with van der Waals surface area (Å²) in [5.74, 6) is 0.167. The minimum atomic E-state index is 0.0698. The number of carbonyl (C=O) groups is 1. The van der Waals surface area contributed by atoms with Crippen LogP contribution in [0.2, 0.25) is 0 Å². The summed E-state index contributed by atoms with van der Waals surface area (Å²) >= 11 is 0. The fraction of sp³-hybridized carbons (Fsp3) is 0.562. The molecule has 1 unspecified atom stereocenters. The average Bonchev–Trinajstić information content (AvgIpc) is 2.53. The Morgan fingerprint density at radius 2 is 2.33 bits per heavy atom. The molecule has 1 fully saturated rings. The lowest BCUT2D eigenvalue weighted by Gasteiger charge is -2.22. The van der Waals surface area contributed by atoms with E-state index in [0.29, 0.717) is 19.8 Å². The zero-order chi connectivity index (χ0) is 14.9. The summed E-state index contributed by atoms with van der Waals surface area (Å²) in [7, 11) is 1.65. The van der Waals surface area contributed by atoms with E-state index in [1.165, 1.54) is 0 Å². The molecule has 0 spiro atoms. The number of benzene rings is 1. The molecule has 0 bridgehead atoms. The maximum atomic E-state index is 12.2. The molecular formula is C16H24N2O3. The normalized spacial score (nSPS) is 18.4. The molecule has 21 heavy (non-hydrogen) atoms. The average molecular weight is 292 g/mol. The zero-order valence-electron chi connectivity index (χ0n) is 12.6. The van der Waals surface area contributed by atoms with E-state index in [1.54, 1.807) is 7.11 Å². The first-order valence-electron chi connectivity index (χ1n) is 7.47. The molecule has 1 saturated heterocycles. The summed E-state index contributed by atoms with van der Waals surface area (Å²) < 4.78 is 10.4. The fourth-order valence-electron chi connectivity index (χ4n) is 2.39. The molecule has 1 atom stereocenters. The highest BCUT2D eigenvalue weighted by Gasteiger charge is 2.20. The Morgan fingerprint density at radius 3 is 3.10 bits per heavy atom. The lowest BCUT2D eigenvalue weighted by Crippen LogP contribution is -2.37. The Kier molecular flexibility index (Phi) is 6.66. The van der Waals surface area contributed by atoms with Crippen LogP contribution in [0.4, 0.5) is 5.69 Å². The number of carbonyl (C=O) groups excluding carboxylic acids is 1. The van der Waals surface area contributed by atoms with Gasteiger partial charge in [-0.2, -0.15) is 0 Å². The molecular weight excluding hydrogens is 268 g/mol. The van der Waals surface area contributed by atoms with E-state index in [-0.39, 0.29) is 11.8 Å². The van der Waals surface area contributed by atoms with Crippen molar-refractivity contribution in [3.63, 3.8) is 0 Å². The number of ether oxygens (including phenoxy) is 2. The van der Waals surface area contributed by atoms with Gasteiger partial charge in [-0.05, 0) is 37.1 Å². The molecule has 1 aliphatic heterocycles. The van der Waals surface area contributed by atoms with Crippen LogP contribution in [0.5, 0.6) is 0 Å². The largest absolute Gasteiger partial charge is 0.382 e. The van der Waals surface area contributed by atoms with Gasteiger partial charge in [0, 0.05) is 19.3 Å². The first kappa shape index (κ1) is 15.9. The number of amides is 1. The van der Waals surface area contributed by atoms with Crippen LogP contribution in [-0.2, 0) is 20.9 Å². The third-order valence-corrected chi connectivity index (χ3v) is 3.56. The van der Waals surface area contributed by atoms with Gasteiger partial charge in [0.1, 0.15) is 0 Å². The Balaban J connectivity index is 1.83. The van der Waals surface area contributed by atoms with E-state index in [2.05, 4.69) is 10.6 Å². The number of hydrogen-bond acceptors (Lipinski definition) is 4. The number of methoxy groups -OCH3 is 1. The highest BCUT2D eigenvalue weighted by Crippen LogP contribution is 2.16. The molecule has 1 aromatic carbocycles. The van der Waals surface area contributed by atoms with Crippen molar-refractivity contribution in [2.75, 3.05) is 38.7 Å². The van der Waals surface area contributed by atoms with E-state index in [4.69, 9.17) is 9.47 Å². The zero-order valence-corrected chi connectivity index (χ0v) is 12.6. The van der Waals surface area contributed by atoms with Gasteiger partial charge in [-0.1, -0.05) is 12.1 Å². The molecule has 1 amide bonds. The predicted molar refractivity (Wildman–Crippen MR) is 82.2 cm³/mol. The Morgan fingerprint density at radius 1 is 1.43 bits per heavy atom. The van der Waals surface area contributed by atoms with Crippen LogP contribution < -0.4 is 10.6 Å². The molecule has 5 nitrogen and oxygen atoms in total. The Labute approximate surface area is 126 Å². The summed E-state index contributed by atoms with van der Waals surface area (Å²) in [5, 5.41) is 6.25. The van der Waals surface area contributed by atoms with Crippen molar-refractivity contribution >= 4 is 11.6 Å². The van der Waals surface area contributed by atoms with Crippen LogP contribution in [0.3, 0.4) is 0 Å². The van der Waals surface area contributed by atoms with Gasteiger partial charge in [0.25, 0.3) is 0 Å². The third kappa shape index (κ3) is 5.46. The first-order valence-corrected chi connectivity index (χ1v) is 7.47. The van der Waals surface area contributed by atoms with Crippen molar-refractivity contribution in [1.82, 2.24) is 5.32 Å². The topological polar surface area (TPSA) is 59.6 Å². The van der Waals surface area contributed by atoms with Gasteiger partial charge < -0.3 is 20.1 Å². The van der Waals surface area contributed by atoms with Crippen LogP contribution in [0, 0.1) is 5.92 Å². The summed E-state index contributed by atoms with van der Waals surface area (Å²) in [4.78, 5) is 12.2. The van der Waals surface area contributed by atoms with E-state index in [0.717, 1.165) is 37.2 Å². The van der Waals surface area contributed by atoms with Crippen molar-refractivity contribution < 1.29 is 14.3 Å². The molecule has 0 aliphatic carbocycles. The molecule has 5 heteroatoms. The van der Waals surface area contributed by atoms with E-state index in [1.807, 2.05) is 24.3 Å². The van der Waals surface area contributed by atoms with E-state index >= 15 is 0 Å². The maximum Gasteiger partial charge on any atom is 0.228 e. The van der Waals surface area contributed by atoms with Crippen LogP contribution >= 0.6 is 0 Å².